The normalized spacial score (nSPS) is 12.8. The van der Waals surface area contributed by atoms with E-state index in [4.69, 9.17) is 5.11 Å². The van der Waals surface area contributed by atoms with Crippen LogP contribution in [0, 0.1) is 0 Å². The molecule has 68 valence electrons. The van der Waals surface area contributed by atoms with Crippen molar-refractivity contribution in [2.24, 2.45) is 0 Å². The van der Waals surface area contributed by atoms with Gasteiger partial charge in [0, 0.05) is 6.08 Å². The van der Waals surface area contributed by atoms with Crippen LogP contribution in [-0.4, -0.2) is 29.3 Å². The standard InChI is InChI=1S/C7H11NO3S/c1-5(7(10)11)8-6(9)3-4-12-2/h3-5H,1-2H3,(H,8,9)(H,10,11)/b4-3+/t5-/m1/s1. The summed E-state index contributed by atoms with van der Waals surface area (Å²) < 4.78 is 0. The van der Waals surface area contributed by atoms with E-state index in [-0.39, 0.29) is 5.91 Å². The van der Waals surface area contributed by atoms with Gasteiger partial charge in [-0.25, -0.2) is 0 Å². The lowest BCUT2D eigenvalue weighted by Gasteiger charge is -2.05. The number of carboxylic acid groups (broad SMARTS) is 1. The van der Waals surface area contributed by atoms with Crippen molar-refractivity contribution in [1.29, 1.82) is 0 Å². The van der Waals surface area contributed by atoms with Crippen LogP contribution < -0.4 is 5.32 Å². The molecule has 0 aromatic heterocycles. The molecule has 1 amide bonds. The minimum atomic E-state index is -1.04. The Bertz CT molecular complexity index is 203. The fourth-order valence-electron chi connectivity index (χ4n) is 0.453. The maximum absolute atomic E-state index is 10.8. The monoisotopic (exact) mass is 189 g/mol. The van der Waals surface area contributed by atoms with E-state index in [2.05, 4.69) is 5.32 Å². The zero-order valence-electron chi connectivity index (χ0n) is 6.90. The first kappa shape index (κ1) is 11.0. The summed E-state index contributed by atoms with van der Waals surface area (Å²) in [6.45, 7) is 1.41. The molecule has 0 saturated heterocycles. The number of carbonyl (C=O) groups excluding carboxylic acids is 1. The number of hydrogen-bond donors (Lipinski definition) is 2. The average Bonchev–Trinajstić information content (AvgIpc) is 2.00. The molecule has 0 rings (SSSR count). The van der Waals surface area contributed by atoms with Crippen molar-refractivity contribution in [3.63, 3.8) is 0 Å². The molecule has 0 spiro atoms. The molecule has 0 heterocycles. The maximum Gasteiger partial charge on any atom is 0.325 e. The average molecular weight is 189 g/mol. The lowest BCUT2D eigenvalue weighted by Crippen LogP contribution is -2.37. The minimum Gasteiger partial charge on any atom is -0.480 e. The van der Waals surface area contributed by atoms with Gasteiger partial charge in [-0.15, -0.1) is 11.8 Å². The second kappa shape index (κ2) is 5.65. The van der Waals surface area contributed by atoms with E-state index >= 15 is 0 Å². The van der Waals surface area contributed by atoms with Gasteiger partial charge in [-0.1, -0.05) is 0 Å². The molecule has 0 aromatic rings. The van der Waals surface area contributed by atoms with Crippen molar-refractivity contribution < 1.29 is 14.7 Å². The number of rotatable bonds is 4. The summed E-state index contributed by atoms with van der Waals surface area (Å²) in [5, 5.41) is 12.3. The molecule has 0 aliphatic rings. The van der Waals surface area contributed by atoms with Crippen LogP contribution in [0.25, 0.3) is 0 Å². The molecule has 0 fully saturated rings. The van der Waals surface area contributed by atoms with E-state index in [1.807, 2.05) is 6.26 Å². The fourth-order valence-corrected chi connectivity index (χ4v) is 0.713. The summed E-state index contributed by atoms with van der Waals surface area (Å²) in [5.74, 6) is -1.43. The molecule has 0 saturated carbocycles. The smallest absolute Gasteiger partial charge is 0.325 e. The summed E-state index contributed by atoms with van der Waals surface area (Å²) in [6, 6.07) is -0.844. The summed E-state index contributed by atoms with van der Waals surface area (Å²) >= 11 is 1.38. The van der Waals surface area contributed by atoms with Crippen molar-refractivity contribution in [3.05, 3.63) is 11.5 Å². The van der Waals surface area contributed by atoms with Crippen molar-refractivity contribution in [2.45, 2.75) is 13.0 Å². The first-order valence-corrected chi connectivity index (χ1v) is 4.59. The molecule has 0 bridgehead atoms. The van der Waals surface area contributed by atoms with Gasteiger partial charge < -0.3 is 10.4 Å². The van der Waals surface area contributed by atoms with Crippen LogP contribution in [-0.2, 0) is 9.59 Å². The molecule has 0 aliphatic carbocycles. The van der Waals surface area contributed by atoms with Gasteiger partial charge in [-0.3, -0.25) is 9.59 Å². The van der Waals surface area contributed by atoms with E-state index in [9.17, 15) is 9.59 Å². The largest absolute Gasteiger partial charge is 0.480 e. The van der Waals surface area contributed by atoms with Gasteiger partial charge in [0.1, 0.15) is 6.04 Å². The molecular weight excluding hydrogens is 178 g/mol. The number of hydrogen-bond acceptors (Lipinski definition) is 3. The van der Waals surface area contributed by atoms with E-state index < -0.39 is 12.0 Å². The Balaban J connectivity index is 3.84. The van der Waals surface area contributed by atoms with Gasteiger partial charge in [0.15, 0.2) is 0 Å². The summed E-state index contributed by atoms with van der Waals surface area (Å²) in [4.78, 5) is 21.1. The van der Waals surface area contributed by atoms with Gasteiger partial charge in [-0.2, -0.15) is 0 Å². The summed E-state index contributed by atoms with van der Waals surface area (Å²) in [7, 11) is 0. The van der Waals surface area contributed by atoms with E-state index in [0.717, 1.165) is 0 Å². The topological polar surface area (TPSA) is 66.4 Å². The Labute approximate surface area is 75.0 Å². The van der Waals surface area contributed by atoms with Gasteiger partial charge in [0.05, 0.1) is 0 Å². The third kappa shape index (κ3) is 4.79. The third-order valence-electron chi connectivity index (χ3n) is 1.08. The summed E-state index contributed by atoms with van der Waals surface area (Å²) in [6.07, 6.45) is 3.11. The zero-order valence-corrected chi connectivity index (χ0v) is 7.72. The number of amides is 1. The highest BCUT2D eigenvalue weighted by Crippen LogP contribution is 1.92. The molecule has 4 nitrogen and oxygen atoms in total. The van der Waals surface area contributed by atoms with Crippen LogP contribution >= 0.6 is 11.8 Å². The van der Waals surface area contributed by atoms with Crippen molar-refractivity contribution >= 4 is 23.6 Å². The Hall–Kier alpha value is -0.970. The zero-order chi connectivity index (χ0) is 9.56. The first-order chi connectivity index (χ1) is 5.57. The molecular formula is C7H11NO3S. The maximum atomic E-state index is 10.8. The van der Waals surface area contributed by atoms with Gasteiger partial charge in [0.25, 0.3) is 0 Å². The molecule has 1 atom stereocenters. The fraction of sp³-hybridized carbons (Fsp3) is 0.429. The van der Waals surface area contributed by atoms with Crippen molar-refractivity contribution in [1.82, 2.24) is 5.32 Å². The Kier molecular flexibility index (Phi) is 5.19. The third-order valence-corrected chi connectivity index (χ3v) is 1.49. The Morgan fingerprint density at radius 2 is 2.17 bits per heavy atom. The quantitative estimate of drug-likeness (QED) is 0.630. The molecule has 0 aliphatic heterocycles. The van der Waals surface area contributed by atoms with Crippen LogP contribution in [0.5, 0.6) is 0 Å². The first-order valence-electron chi connectivity index (χ1n) is 3.30. The van der Waals surface area contributed by atoms with Gasteiger partial charge in [-0.05, 0) is 18.6 Å². The van der Waals surface area contributed by atoms with Gasteiger partial charge >= 0.3 is 5.97 Å². The lowest BCUT2D eigenvalue weighted by molar-refractivity contribution is -0.140. The molecule has 5 heteroatoms. The Morgan fingerprint density at radius 1 is 1.58 bits per heavy atom. The van der Waals surface area contributed by atoms with E-state index in [1.54, 1.807) is 5.41 Å². The Morgan fingerprint density at radius 3 is 2.58 bits per heavy atom. The van der Waals surface area contributed by atoms with Crippen LogP contribution in [0.4, 0.5) is 0 Å². The minimum absolute atomic E-state index is 0.390. The van der Waals surface area contributed by atoms with Crippen LogP contribution in [0.1, 0.15) is 6.92 Å². The highest BCUT2D eigenvalue weighted by Gasteiger charge is 2.11. The number of aliphatic carboxylic acids is 1. The molecule has 0 unspecified atom stereocenters. The molecule has 12 heavy (non-hydrogen) atoms. The van der Waals surface area contributed by atoms with E-state index in [0.29, 0.717) is 0 Å². The summed E-state index contributed by atoms with van der Waals surface area (Å²) in [5.41, 5.74) is 0. The number of carbonyl (C=O) groups is 2. The van der Waals surface area contributed by atoms with Crippen LogP contribution in [0.15, 0.2) is 11.5 Å². The second-order valence-electron chi connectivity index (χ2n) is 2.11. The van der Waals surface area contributed by atoms with Gasteiger partial charge in [0.2, 0.25) is 5.91 Å². The number of thioether (sulfide) groups is 1. The number of nitrogens with one attached hydrogen (secondary N) is 1. The highest BCUT2D eigenvalue weighted by atomic mass is 32.2. The molecule has 0 radical (unpaired) electrons. The van der Waals surface area contributed by atoms with Crippen LogP contribution in [0.2, 0.25) is 0 Å². The highest BCUT2D eigenvalue weighted by molar-refractivity contribution is 8.01. The van der Waals surface area contributed by atoms with E-state index in [1.165, 1.54) is 24.8 Å². The van der Waals surface area contributed by atoms with Crippen molar-refractivity contribution in [2.75, 3.05) is 6.26 Å². The predicted octanol–water partition coefficient (Wildman–Crippen LogP) is 0.452. The number of carboxylic acids is 1. The molecule has 2 N–H and O–H groups in total. The SMILES string of the molecule is CS/C=C/C(=O)N[C@H](C)C(=O)O. The van der Waals surface area contributed by atoms with Crippen LogP contribution in [0.3, 0.4) is 0 Å². The lowest BCUT2D eigenvalue weighted by atomic mass is 10.3. The predicted molar refractivity (Wildman–Crippen MR) is 47.9 cm³/mol. The van der Waals surface area contributed by atoms with Crippen molar-refractivity contribution in [3.8, 4) is 0 Å². The molecule has 0 aromatic carbocycles. The second-order valence-corrected chi connectivity index (χ2v) is 2.85.